The van der Waals surface area contributed by atoms with Gasteiger partial charge in [-0.1, -0.05) is 24.3 Å². The number of hydrogen-bond acceptors (Lipinski definition) is 4. The highest BCUT2D eigenvalue weighted by Crippen LogP contribution is 2.22. The standard InChI is InChI=1S/C21H26N4OS.HI/c1-3-22-21(24-15-16-10-12-17(26-2)13-11-16)23-14-6-9-20-25-18-7-4-5-8-19(18)27-20;/h4-5,7-8,10-13H,3,6,9,14-15H2,1-2H3,(H2,22,23,24);1H. The molecule has 0 saturated heterocycles. The van der Waals surface area contributed by atoms with Gasteiger partial charge >= 0.3 is 0 Å². The van der Waals surface area contributed by atoms with Crippen LogP contribution in [0.1, 0.15) is 23.9 Å². The van der Waals surface area contributed by atoms with Crippen LogP contribution in [-0.4, -0.2) is 31.1 Å². The molecular formula is C21H27IN4OS. The normalized spacial score (nSPS) is 11.1. The average Bonchev–Trinajstić information content (AvgIpc) is 3.12. The molecule has 3 aromatic rings. The number of aromatic nitrogens is 1. The molecule has 0 aliphatic heterocycles. The Balaban J connectivity index is 0.00000280. The third kappa shape index (κ3) is 6.63. The summed E-state index contributed by atoms with van der Waals surface area (Å²) in [6.07, 6.45) is 2.00. The fourth-order valence-corrected chi connectivity index (χ4v) is 3.73. The number of aryl methyl sites for hydroxylation is 1. The third-order valence-electron chi connectivity index (χ3n) is 4.12. The van der Waals surface area contributed by atoms with E-state index in [1.165, 1.54) is 9.71 Å². The van der Waals surface area contributed by atoms with E-state index in [4.69, 9.17) is 9.72 Å². The molecule has 3 rings (SSSR count). The molecule has 1 heterocycles. The van der Waals surface area contributed by atoms with E-state index in [0.717, 1.165) is 48.7 Å². The van der Waals surface area contributed by atoms with Crippen molar-refractivity contribution in [2.45, 2.75) is 26.3 Å². The minimum Gasteiger partial charge on any atom is -0.497 e. The van der Waals surface area contributed by atoms with Crippen molar-refractivity contribution < 1.29 is 4.74 Å². The van der Waals surface area contributed by atoms with Gasteiger partial charge in [0.2, 0.25) is 0 Å². The largest absolute Gasteiger partial charge is 0.497 e. The number of rotatable bonds is 8. The Bertz CT molecular complexity index is 847. The van der Waals surface area contributed by atoms with Gasteiger partial charge in [0.15, 0.2) is 5.96 Å². The molecule has 150 valence electrons. The van der Waals surface area contributed by atoms with E-state index in [1.54, 1.807) is 18.4 Å². The van der Waals surface area contributed by atoms with Crippen LogP contribution < -0.4 is 15.4 Å². The summed E-state index contributed by atoms with van der Waals surface area (Å²) >= 11 is 1.78. The number of para-hydroxylation sites is 1. The zero-order valence-electron chi connectivity index (χ0n) is 16.3. The third-order valence-corrected chi connectivity index (χ3v) is 5.22. The lowest BCUT2D eigenvalue weighted by molar-refractivity contribution is 0.414. The Morgan fingerprint density at radius 1 is 1.11 bits per heavy atom. The maximum absolute atomic E-state index is 5.19. The van der Waals surface area contributed by atoms with Gasteiger partial charge in [0.1, 0.15) is 5.75 Å². The highest BCUT2D eigenvalue weighted by Gasteiger charge is 2.03. The maximum Gasteiger partial charge on any atom is 0.191 e. The molecule has 0 amide bonds. The molecule has 7 heteroatoms. The number of nitrogens with zero attached hydrogens (tertiary/aromatic N) is 2. The lowest BCUT2D eigenvalue weighted by Gasteiger charge is -2.11. The van der Waals surface area contributed by atoms with Crippen LogP contribution in [0.25, 0.3) is 10.2 Å². The maximum atomic E-state index is 5.19. The van der Waals surface area contributed by atoms with E-state index in [9.17, 15) is 0 Å². The molecule has 0 aliphatic carbocycles. The zero-order valence-corrected chi connectivity index (χ0v) is 19.4. The van der Waals surface area contributed by atoms with Crippen molar-refractivity contribution in [2.24, 2.45) is 4.99 Å². The molecule has 0 radical (unpaired) electrons. The van der Waals surface area contributed by atoms with E-state index in [2.05, 4.69) is 40.7 Å². The van der Waals surface area contributed by atoms with Crippen molar-refractivity contribution in [2.75, 3.05) is 20.2 Å². The predicted molar refractivity (Wildman–Crippen MR) is 129 cm³/mol. The first-order valence-electron chi connectivity index (χ1n) is 9.28. The summed E-state index contributed by atoms with van der Waals surface area (Å²) in [6, 6.07) is 16.3. The Kier molecular flexibility index (Phi) is 9.49. The molecule has 2 aromatic carbocycles. The number of hydrogen-bond donors (Lipinski definition) is 2. The molecule has 2 N–H and O–H groups in total. The van der Waals surface area contributed by atoms with Crippen LogP contribution >= 0.6 is 35.3 Å². The highest BCUT2D eigenvalue weighted by molar-refractivity contribution is 14.0. The van der Waals surface area contributed by atoms with Crippen molar-refractivity contribution in [1.82, 2.24) is 15.6 Å². The first-order valence-corrected chi connectivity index (χ1v) is 10.1. The van der Waals surface area contributed by atoms with Crippen molar-refractivity contribution in [3.8, 4) is 5.75 Å². The van der Waals surface area contributed by atoms with E-state index in [-0.39, 0.29) is 24.0 Å². The van der Waals surface area contributed by atoms with Crippen LogP contribution in [0.3, 0.4) is 0 Å². The second kappa shape index (κ2) is 11.9. The second-order valence-corrected chi connectivity index (χ2v) is 7.26. The smallest absolute Gasteiger partial charge is 0.191 e. The number of methoxy groups -OCH3 is 1. The number of aliphatic imine (C=N–C) groups is 1. The van der Waals surface area contributed by atoms with Crippen LogP contribution in [0, 0.1) is 0 Å². The van der Waals surface area contributed by atoms with Crippen LogP contribution in [-0.2, 0) is 13.0 Å². The molecule has 0 atom stereocenters. The highest BCUT2D eigenvalue weighted by atomic mass is 127. The lowest BCUT2D eigenvalue weighted by Crippen LogP contribution is -2.37. The van der Waals surface area contributed by atoms with Gasteiger partial charge in [-0.2, -0.15) is 0 Å². The average molecular weight is 510 g/mol. The predicted octanol–water partition coefficient (Wildman–Crippen LogP) is 4.61. The van der Waals surface area contributed by atoms with Gasteiger partial charge in [0.05, 0.1) is 28.9 Å². The summed E-state index contributed by atoms with van der Waals surface area (Å²) in [5.41, 5.74) is 2.25. The number of fused-ring (bicyclic) bond motifs is 1. The van der Waals surface area contributed by atoms with Gasteiger partial charge in [0, 0.05) is 19.5 Å². The molecule has 0 unspecified atom stereocenters. The minimum atomic E-state index is 0. The van der Waals surface area contributed by atoms with E-state index >= 15 is 0 Å². The van der Waals surface area contributed by atoms with Gasteiger partial charge in [-0.3, -0.25) is 0 Å². The summed E-state index contributed by atoms with van der Waals surface area (Å²) in [4.78, 5) is 9.35. The first-order chi connectivity index (χ1) is 13.3. The Hall–Kier alpha value is -1.87. The van der Waals surface area contributed by atoms with Gasteiger partial charge < -0.3 is 15.4 Å². The van der Waals surface area contributed by atoms with E-state index < -0.39 is 0 Å². The molecular weight excluding hydrogens is 483 g/mol. The second-order valence-electron chi connectivity index (χ2n) is 6.15. The number of nitrogens with one attached hydrogen (secondary N) is 2. The van der Waals surface area contributed by atoms with Crippen LogP contribution in [0.5, 0.6) is 5.75 Å². The summed E-state index contributed by atoms with van der Waals surface area (Å²) in [7, 11) is 1.68. The Labute approximate surface area is 187 Å². The SMILES string of the molecule is CCNC(=NCc1ccc(OC)cc1)NCCCc1nc2ccccc2s1.I. The van der Waals surface area contributed by atoms with Crippen molar-refractivity contribution in [1.29, 1.82) is 0 Å². The summed E-state index contributed by atoms with van der Waals surface area (Å²) < 4.78 is 6.45. The molecule has 5 nitrogen and oxygen atoms in total. The summed E-state index contributed by atoms with van der Waals surface area (Å²) in [6.45, 7) is 4.42. The topological polar surface area (TPSA) is 58.5 Å². The number of benzene rings is 2. The number of ether oxygens (including phenoxy) is 1. The van der Waals surface area contributed by atoms with Gasteiger partial charge in [0.25, 0.3) is 0 Å². The summed E-state index contributed by atoms with van der Waals surface area (Å²) in [5.74, 6) is 1.71. The molecule has 0 bridgehead atoms. The van der Waals surface area contributed by atoms with Crippen LogP contribution in [0.2, 0.25) is 0 Å². The van der Waals surface area contributed by atoms with Gasteiger partial charge in [-0.25, -0.2) is 9.98 Å². The Morgan fingerprint density at radius 2 is 1.89 bits per heavy atom. The monoisotopic (exact) mass is 510 g/mol. The molecule has 0 spiro atoms. The van der Waals surface area contributed by atoms with Crippen molar-refractivity contribution in [3.05, 3.63) is 59.1 Å². The first kappa shape index (κ1) is 22.4. The quantitative estimate of drug-likeness (QED) is 0.201. The fourth-order valence-electron chi connectivity index (χ4n) is 2.72. The summed E-state index contributed by atoms with van der Waals surface area (Å²) in [5, 5.41) is 7.90. The van der Waals surface area contributed by atoms with Crippen molar-refractivity contribution >= 4 is 51.5 Å². The molecule has 0 saturated carbocycles. The number of thiazole rings is 1. The van der Waals surface area contributed by atoms with E-state index in [0.29, 0.717) is 6.54 Å². The molecule has 1 aromatic heterocycles. The van der Waals surface area contributed by atoms with Crippen LogP contribution in [0.15, 0.2) is 53.5 Å². The van der Waals surface area contributed by atoms with E-state index in [1.807, 2.05) is 30.3 Å². The fraction of sp³-hybridized carbons (Fsp3) is 0.333. The number of halogens is 1. The van der Waals surface area contributed by atoms with Crippen molar-refractivity contribution in [3.63, 3.8) is 0 Å². The molecule has 28 heavy (non-hydrogen) atoms. The molecule has 0 fully saturated rings. The zero-order chi connectivity index (χ0) is 18.9. The van der Waals surface area contributed by atoms with Gasteiger partial charge in [-0.05, 0) is 43.2 Å². The molecule has 0 aliphatic rings. The Morgan fingerprint density at radius 3 is 2.61 bits per heavy atom. The van der Waals surface area contributed by atoms with Crippen LogP contribution in [0.4, 0.5) is 0 Å². The minimum absolute atomic E-state index is 0. The number of guanidine groups is 1. The van der Waals surface area contributed by atoms with Gasteiger partial charge in [-0.15, -0.1) is 35.3 Å². The lowest BCUT2D eigenvalue weighted by atomic mass is 10.2.